The fourth-order valence-electron chi connectivity index (χ4n) is 1.02. The number of nitrogens with zero attached hydrogens (tertiary/aromatic N) is 1. The number of rotatable bonds is 8. The first-order valence-electron chi connectivity index (χ1n) is 5.18. The van der Waals surface area contributed by atoms with Crippen LogP contribution in [-0.2, 0) is 0 Å². The van der Waals surface area contributed by atoms with Crippen molar-refractivity contribution < 1.29 is 0 Å². The van der Waals surface area contributed by atoms with E-state index in [0.717, 1.165) is 18.5 Å². The fraction of sp³-hybridized carbons (Fsp3) is 0.500. The Labute approximate surface area is 87.0 Å². The Hall–Kier alpha value is -1.18. The van der Waals surface area contributed by atoms with E-state index in [1.54, 1.807) is 18.4 Å². The van der Waals surface area contributed by atoms with Crippen LogP contribution in [0.15, 0.2) is 29.3 Å². The number of nitrogens with one attached hydrogen (secondary N) is 1. The molecule has 0 bridgehead atoms. The van der Waals surface area contributed by atoms with Crippen LogP contribution in [-0.4, -0.2) is 19.0 Å². The summed E-state index contributed by atoms with van der Waals surface area (Å²) in [7, 11) is 0. The van der Waals surface area contributed by atoms with E-state index in [9.17, 15) is 0 Å². The highest BCUT2D eigenvalue weighted by Gasteiger charge is 1.84. The van der Waals surface area contributed by atoms with Crippen molar-refractivity contribution in [1.82, 2.24) is 0 Å². The van der Waals surface area contributed by atoms with Gasteiger partial charge in [-0.1, -0.05) is 38.8 Å². The van der Waals surface area contributed by atoms with Gasteiger partial charge in [-0.15, -0.1) is 0 Å². The molecule has 0 saturated carbocycles. The summed E-state index contributed by atoms with van der Waals surface area (Å²) in [5, 5.41) is 7.01. The van der Waals surface area contributed by atoms with Gasteiger partial charge in [-0.05, 0) is 18.1 Å². The summed E-state index contributed by atoms with van der Waals surface area (Å²) in [5.41, 5.74) is 0.794. The average Bonchev–Trinajstić information content (AvgIpc) is 2.22. The van der Waals surface area contributed by atoms with Gasteiger partial charge in [0, 0.05) is 19.0 Å². The van der Waals surface area contributed by atoms with Crippen LogP contribution in [0.25, 0.3) is 0 Å². The standard InChI is InChI=1S/C12H20N2/c1-3-5-6-7-9-14-10-8-12(4-2)11-13/h4,8,10-11,13H,2-3,5-7,9H2,1H3/b12-8+,13-11?,14-10?. The lowest BCUT2D eigenvalue weighted by atomic mass is 10.2. The highest BCUT2D eigenvalue weighted by Crippen LogP contribution is 1.98. The van der Waals surface area contributed by atoms with E-state index in [2.05, 4.69) is 18.5 Å². The van der Waals surface area contributed by atoms with Crippen molar-refractivity contribution in [3.05, 3.63) is 24.3 Å². The maximum absolute atomic E-state index is 7.01. The molecule has 0 unspecified atom stereocenters. The van der Waals surface area contributed by atoms with E-state index in [0.29, 0.717) is 0 Å². The number of allylic oxidation sites excluding steroid dienone is 3. The van der Waals surface area contributed by atoms with Crippen molar-refractivity contribution in [2.45, 2.75) is 32.6 Å². The van der Waals surface area contributed by atoms with Gasteiger partial charge in [-0.25, -0.2) is 0 Å². The summed E-state index contributed by atoms with van der Waals surface area (Å²) in [4.78, 5) is 4.23. The second kappa shape index (κ2) is 9.90. The van der Waals surface area contributed by atoms with Crippen molar-refractivity contribution in [2.24, 2.45) is 4.99 Å². The third-order valence-electron chi connectivity index (χ3n) is 1.92. The molecule has 0 fully saturated rings. The first-order chi connectivity index (χ1) is 6.85. The van der Waals surface area contributed by atoms with E-state index in [-0.39, 0.29) is 0 Å². The largest absolute Gasteiger partial charge is 0.308 e. The Morgan fingerprint density at radius 3 is 2.71 bits per heavy atom. The first kappa shape index (κ1) is 12.8. The molecule has 0 spiro atoms. The van der Waals surface area contributed by atoms with E-state index in [1.807, 2.05) is 0 Å². The second-order valence-electron chi connectivity index (χ2n) is 3.13. The predicted octanol–water partition coefficient (Wildman–Crippen LogP) is 3.40. The van der Waals surface area contributed by atoms with Crippen molar-refractivity contribution in [3.8, 4) is 0 Å². The molecule has 0 amide bonds. The minimum Gasteiger partial charge on any atom is -0.308 e. The van der Waals surface area contributed by atoms with Gasteiger partial charge in [0.1, 0.15) is 0 Å². The fourth-order valence-corrected chi connectivity index (χ4v) is 1.02. The SMILES string of the molecule is C=C/C(C=N)=C\C=NCCCCCC. The quantitative estimate of drug-likeness (QED) is 0.347. The molecule has 2 heteroatoms. The van der Waals surface area contributed by atoms with Crippen LogP contribution in [0.4, 0.5) is 0 Å². The van der Waals surface area contributed by atoms with Crippen LogP contribution in [0.5, 0.6) is 0 Å². The maximum atomic E-state index is 7.01. The van der Waals surface area contributed by atoms with Gasteiger partial charge in [0.15, 0.2) is 0 Å². The van der Waals surface area contributed by atoms with Crippen LogP contribution in [0.3, 0.4) is 0 Å². The molecule has 0 radical (unpaired) electrons. The molecule has 0 saturated heterocycles. The maximum Gasteiger partial charge on any atom is 0.0389 e. The zero-order valence-electron chi connectivity index (χ0n) is 9.00. The molecular formula is C12H20N2. The van der Waals surface area contributed by atoms with Crippen molar-refractivity contribution in [2.75, 3.05) is 6.54 Å². The van der Waals surface area contributed by atoms with Crippen molar-refractivity contribution in [1.29, 1.82) is 5.41 Å². The second-order valence-corrected chi connectivity index (χ2v) is 3.13. The Morgan fingerprint density at radius 1 is 1.36 bits per heavy atom. The number of aliphatic imine (C=N–C) groups is 1. The van der Waals surface area contributed by atoms with Crippen LogP contribution >= 0.6 is 0 Å². The van der Waals surface area contributed by atoms with Gasteiger partial charge in [-0.2, -0.15) is 0 Å². The molecule has 0 aliphatic carbocycles. The van der Waals surface area contributed by atoms with Crippen LogP contribution in [0.1, 0.15) is 32.6 Å². The van der Waals surface area contributed by atoms with E-state index >= 15 is 0 Å². The smallest absolute Gasteiger partial charge is 0.0389 e. The lowest BCUT2D eigenvalue weighted by molar-refractivity contribution is 0.676. The van der Waals surface area contributed by atoms with Gasteiger partial charge in [-0.3, -0.25) is 4.99 Å². The van der Waals surface area contributed by atoms with E-state index in [4.69, 9.17) is 5.41 Å². The zero-order chi connectivity index (χ0) is 10.6. The molecule has 78 valence electrons. The molecule has 0 aromatic rings. The Kier molecular flexibility index (Phi) is 9.07. The van der Waals surface area contributed by atoms with Crippen LogP contribution in [0, 0.1) is 5.41 Å². The van der Waals surface area contributed by atoms with Gasteiger partial charge in [0.05, 0.1) is 0 Å². The van der Waals surface area contributed by atoms with E-state index < -0.39 is 0 Å². The predicted molar refractivity (Wildman–Crippen MR) is 64.6 cm³/mol. The summed E-state index contributed by atoms with van der Waals surface area (Å²) in [6.07, 6.45) is 11.5. The Balaban J connectivity index is 3.57. The summed E-state index contributed by atoms with van der Waals surface area (Å²) in [6, 6.07) is 0. The first-order valence-corrected chi connectivity index (χ1v) is 5.18. The number of unbranched alkanes of at least 4 members (excludes halogenated alkanes) is 3. The van der Waals surface area contributed by atoms with Crippen molar-refractivity contribution in [3.63, 3.8) is 0 Å². The topological polar surface area (TPSA) is 36.2 Å². The third kappa shape index (κ3) is 7.47. The highest BCUT2D eigenvalue weighted by molar-refractivity contribution is 5.87. The highest BCUT2D eigenvalue weighted by atomic mass is 14.7. The summed E-state index contributed by atoms with van der Waals surface area (Å²) in [6.45, 7) is 6.68. The molecule has 14 heavy (non-hydrogen) atoms. The van der Waals surface area contributed by atoms with Gasteiger partial charge < -0.3 is 5.41 Å². The van der Waals surface area contributed by atoms with Gasteiger partial charge in [0.25, 0.3) is 0 Å². The molecule has 0 heterocycles. The van der Waals surface area contributed by atoms with Gasteiger partial charge >= 0.3 is 0 Å². The Morgan fingerprint density at radius 2 is 2.14 bits per heavy atom. The molecule has 1 N–H and O–H groups in total. The number of hydrogen-bond donors (Lipinski definition) is 1. The molecule has 2 nitrogen and oxygen atoms in total. The molecule has 0 atom stereocenters. The monoisotopic (exact) mass is 192 g/mol. The summed E-state index contributed by atoms with van der Waals surface area (Å²) in [5.74, 6) is 0. The summed E-state index contributed by atoms with van der Waals surface area (Å²) < 4.78 is 0. The Bertz CT molecular complexity index is 204. The molecular weight excluding hydrogens is 172 g/mol. The molecule has 0 aliphatic heterocycles. The summed E-state index contributed by atoms with van der Waals surface area (Å²) >= 11 is 0. The minimum absolute atomic E-state index is 0.794. The number of hydrogen-bond acceptors (Lipinski definition) is 2. The van der Waals surface area contributed by atoms with Gasteiger partial charge in [0.2, 0.25) is 0 Å². The normalized spacial score (nSPS) is 11.9. The molecule has 0 aromatic heterocycles. The third-order valence-corrected chi connectivity index (χ3v) is 1.92. The zero-order valence-corrected chi connectivity index (χ0v) is 9.00. The van der Waals surface area contributed by atoms with Crippen LogP contribution in [0.2, 0.25) is 0 Å². The minimum atomic E-state index is 0.794. The van der Waals surface area contributed by atoms with Crippen LogP contribution < -0.4 is 0 Å². The van der Waals surface area contributed by atoms with Crippen molar-refractivity contribution >= 4 is 12.4 Å². The lowest BCUT2D eigenvalue weighted by Gasteiger charge is -1.93. The average molecular weight is 192 g/mol. The molecule has 0 rings (SSSR count). The lowest BCUT2D eigenvalue weighted by Crippen LogP contribution is -1.83. The van der Waals surface area contributed by atoms with E-state index in [1.165, 1.54) is 25.5 Å². The molecule has 0 aliphatic rings. The molecule has 0 aromatic carbocycles.